The van der Waals surface area contributed by atoms with Crippen LogP contribution in [0.4, 0.5) is 5.82 Å². The Hall–Kier alpha value is -1.66. The molecule has 2 aromatic heterocycles. The first-order chi connectivity index (χ1) is 9.81. The molecule has 20 heavy (non-hydrogen) atoms. The summed E-state index contributed by atoms with van der Waals surface area (Å²) in [7, 11) is 2.21. The van der Waals surface area contributed by atoms with E-state index in [0.717, 1.165) is 43.0 Å². The molecule has 1 N–H and O–H groups in total. The van der Waals surface area contributed by atoms with Crippen LogP contribution in [0.25, 0.3) is 11.0 Å². The Morgan fingerprint density at radius 3 is 3.00 bits per heavy atom. The van der Waals surface area contributed by atoms with Crippen molar-refractivity contribution in [2.45, 2.75) is 6.04 Å². The molecule has 2 aromatic rings. The highest BCUT2D eigenvalue weighted by Gasteiger charge is 2.31. The van der Waals surface area contributed by atoms with Crippen LogP contribution < -0.4 is 4.90 Å². The average Bonchev–Trinajstić information content (AvgIpc) is 2.94. The number of nitrogens with one attached hydrogen (secondary N) is 1. The molecule has 2 aliphatic rings. The minimum absolute atomic E-state index is 0.617. The number of fused-ring (bicyclic) bond motifs is 2. The van der Waals surface area contributed by atoms with Gasteiger partial charge in [0.1, 0.15) is 17.8 Å². The summed E-state index contributed by atoms with van der Waals surface area (Å²) in [6.07, 6.45) is 3.60. The van der Waals surface area contributed by atoms with Crippen molar-refractivity contribution < 1.29 is 0 Å². The van der Waals surface area contributed by atoms with Crippen LogP contribution >= 0.6 is 0 Å². The van der Waals surface area contributed by atoms with Gasteiger partial charge in [0.05, 0.1) is 5.39 Å². The van der Waals surface area contributed by atoms with E-state index in [9.17, 15) is 0 Å². The Kier molecular flexibility index (Phi) is 2.85. The molecule has 6 nitrogen and oxygen atoms in total. The number of aromatic amines is 1. The summed E-state index contributed by atoms with van der Waals surface area (Å²) in [5.74, 6) is 1.07. The van der Waals surface area contributed by atoms with Gasteiger partial charge < -0.3 is 14.8 Å². The summed E-state index contributed by atoms with van der Waals surface area (Å²) in [6, 6.07) is 2.69. The van der Waals surface area contributed by atoms with E-state index >= 15 is 0 Å². The second kappa shape index (κ2) is 4.71. The summed E-state index contributed by atoms with van der Waals surface area (Å²) in [5, 5.41) is 1.13. The fourth-order valence-corrected chi connectivity index (χ4v) is 3.41. The Morgan fingerprint density at radius 1 is 1.15 bits per heavy atom. The fraction of sp³-hybridized carbons (Fsp3) is 0.571. The molecule has 0 bridgehead atoms. The first-order valence-corrected chi connectivity index (χ1v) is 7.27. The molecule has 0 amide bonds. The number of hydrogen-bond acceptors (Lipinski definition) is 5. The Bertz CT molecular complexity index is 608. The molecule has 0 unspecified atom stereocenters. The Balaban J connectivity index is 1.62. The van der Waals surface area contributed by atoms with E-state index in [1.54, 1.807) is 6.33 Å². The molecule has 2 saturated heterocycles. The molecule has 0 spiro atoms. The number of anilines is 1. The third-order valence-corrected chi connectivity index (χ3v) is 4.53. The molecule has 1 atom stereocenters. The number of piperazine rings is 2. The van der Waals surface area contributed by atoms with Gasteiger partial charge in [-0.15, -0.1) is 0 Å². The van der Waals surface area contributed by atoms with Crippen molar-refractivity contribution in [1.29, 1.82) is 0 Å². The lowest BCUT2D eigenvalue weighted by Crippen LogP contribution is -2.61. The molecular formula is C14H20N6. The molecule has 4 rings (SSSR count). The number of hydrogen-bond donors (Lipinski definition) is 1. The molecule has 2 fully saturated rings. The van der Waals surface area contributed by atoms with Crippen LogP contribution in [0.15, 0.2) is 18.6 Å². The third-order valence-electron chi connectivity index (χ3n) is 4.53. The van der Waals surface area contributed by atoms with E-state index in [1.165, 1.54) is 13.1 Å². The smallest absolute Gasteiger partial charge is 0.142 e. The highest BCUT2D eigenvalue weighted by molar-refractivity contribution is 5.87. The van der Waals surface area contributed by atoms with Gasteiger partial charge in [-0.1, -0.05) is 0 Å². The average molecular weight is 272 g/mol. The van der Waals surface area contributed by atoms with Gasteiger partial charge in [-0.25, -0.2) is 9.97 Å². The standard InChI is InChI=1S/C14H20N6/c1-18-4-5-19-6-7-20(9-11(19)8-18)14-12-2-3-15-13(12)16-10-17-14/h2-3,10-11H,4-9H2,1H3,(H,15,16,17)/t11-/m1/s1. The zero-order chi connectivity index (χ0) is 13.5. The van der Waals surface area contributed by atoms with Gasteiger partial charge in [-0.05, 0) is 13.1 Å². The number of aromatic nitrogens is 3. The lowest BCUT2D eigenvalue weighted by Gasteiger charge is -2.46. The maximum absolute atomic E-state index is 4.52. The van der Waals surface area contributed by atoms with Crippen LogP contribution in [-0.4, -0.2) is 77.1 Å². The van der Waals surface area contributed by atoms with Crippen molar-refractivity contribution in [3.63, 3.8) is 0 Å². The summed E-state index contributed by atoms with van der Waals surface area (Å²) in [4.78, 5) is 19.4. The van der Waals surface area contributed by atoms with Crippen LogP contribution in [0.1, 0.15) is 0 Å². The fourth-order valence-electron chi connectivity index (χ4n) is 3.41. The van der Waals surface area contributed by atoms with Gasteiger partial charge in [0.2, 0.25) is 0 Å². The Morgan fingerprint density at radius 2 is 2.05 bits per heavy atom. The van der Waals surface area contributed by atoms with Crippen LogP contribution in [-0.2, 0) is 0 Å². The molecule has 2 aliphatic heterocycles. The van der Waals surface area contributed by atoms with Crippen molar-refractivity contribution in [3.8, 4) is 0 Å². The Labute approximate surface area is 118 Å². The molecule has 0 aliphatic carbocycles. The predicted molar refractivity (Wildman–Crippen MR) is 79.0 cm³/mol. The normalized spacial score (nSPS) is 25.1. The van der Waals surface area contributed by atoms with Gasteiger partial charge in [0.25, 0.3) is 0 Å². The minimum Gasteiger partial charge on any atom is -0.353 e. The summed E-state index contributed by atoms with van der Waals surface area (Å²) >= 11 is 0. The first kappa shape index (κ1) is 12.1. The quantitative estimate of drug-likeness (QED) is 0.814. The predicted octanol–water partition coefficient (Wildman–Crippen LogP) is 0.394. The van der Waals surface area contributed by atoms with E-state index in [2.05, 4.69) is 42.8 Å². The largest absolute Gasteiger partial charge is 0.353 e. The number of nitrogens with zero attached hydrogens (tertiary/aromatic N) is 5. The first-order valence-electron chi connectivity index (χ1n) is 7.27. The van der Waals surface area contributed by atoms with E-state index in [0.29, 0.717) is 6.04 Å². The van der Waals surface area contributed by atoms with Gasteiger partial charge >= 0.3 is 0 Å². The lowest BCUT2D eigenvalue weighted by atomic mass is 10.1. The van der Waals surface area contributed by atoms with Crippen molar-refractivity contribution in [2.75, 3.05) is 51.2 Å². The molecule has 106 valence electrons. The number of likely N-dealkylation sites (N-methyl/N-ethyl adjacent to an activating group) is 1. The van der Waals surface area contributed by atoms with Crippen LogP contribution in [0.5, 0.6) is 0 Å². The lowest BCUT2D eigenvalue weighted by molar-refractivity contribution is 0.0805. The van der Waals surface area contributed by atoms with Crippen molar-refractivity contribution >= 4 is 16.9 Å². The molecular weight excluding hydrogens is 252 g/mol. The van der Waals surface area contributed by atoms with Crippen LogP contribution in [0, 0.1) is 0 Å². The molecule has 0 aromatic carbocycles. The van der Waals surface area contributed by atoms with Crippen molar-refractivity contribution in [3.05, 3.63) is 18.6 Å². The van der Waals surface area contributed by atoms with E-state index in [1.807, 2.05) is 6.20 Å². The highest BCUT2D eigenvalue weighted by atomic mass is 15.4. The molecule has 4 heterocycles. The maximum atomic E-state index is 4.52. The van der Waals surface area contributed by atoms with Crippen molar-refractivity contribution in [1.82, 2.24) is 24.8 Å². The van der Waals surface area contributed by atoms with Gasteiger partial charge in [0, 0.05) is 51.5 Å². The summed E-state index contributed by atoms with van der Waals surface area (Å²) in [5.41, 5.74) is 0.929. The second-order valence-electron chi connectivity index (χ2n) is 5.84. The van der Waals surface area contributed by atoms with Gasteiger partial charge in [0.15, 0.2) is 0 Å². The number of H-pyrrole nitrogens is 1. The molecule has 6 heteroatoms. The second-order valence-corrected chi connectivity index (χ2v) is 5.84. The summed E-state index contributed by atoms with van der Waals surface area (Å²) in [6.45, 7) is 6.77. The van der Waals surface area contributed by atoms with Crippen molar-refractivity contribution in [2.24, 2.45) is 0 Å². The monoisotopic (exact) mass is 272 g/mol. The van der Waals surface area contributed by atoms with Gasteiger partial charge in [-0.3, -0.25) is 4.90 Å². The van der Waals surface area contributed by atoms with E-state index in [-0.39, 0.29) is 0 Å². The molecule has 0 saturated carbocycles. The zero-order valence-corrected chi connectivity index (χ0v) is 11.8. The van der Waals surface area contributed by atoms with Gasteiger partial charge in [-0.2, -0.15) is 0 Å². The maximum Gasteiger partial charge on any atom is 0.142 e. The number of rotatable bonds is 1. The third kappa shape index (κ3) is 1.96. The van der Waals surface area contributed by atoms with Crippen LogP contribution in [0.3, 0.4) is 0 Å². The SMILES string of the molecule is CN1CCN2CCN(c3ncnc4[nH]ccc34)C[C@H]2C1. The zero-order valence-electron chi connectivity index (χ0n) is 11.8. The molecule has 0 radical (unpaired) electrons. The summed E-state index contributed by atoms with van der Waals surface area (Å²) < 4.78 is 0. The van der Waals surface area contributed by atoms with Crippen LogP contribution in [0.2, 0.25) is 0 Å². The van der Waals surface area contributed by atoms with E-state index < -0.39 is 0 Å². The highest BCUT2D eigenvalue weighted by Crippen LogP contribution is 2.25. The topological polar surface area (TPSA) is 51.3 Å². The minimum atomic E-state index is 0.617. The van der Waals surface area contributed by atoms with E-state index in [4.69, 9.17) is 0 Å².